The van der Waals surface area contributed by atoms with E-state index >= 15 is 0 Å². The molecule has 4 N–H and O–H groups in total. The van der Waals surface area contributed by atoms with Crippen LogP contribution in [0.25, 0.3) is 0 Å². The van der Waals surface area contributed by atoms with E-state index in [9.17, 15) is 24.9 Å². The minimum atomic E-state index is -1.10. The highest BCUT2D eigenvalue weighted by molar-refractivity contribution is 5.96. The van der Waals surface area contributed by atoms with Crippen LogP contribution in [0.3, 0.4) is 0 Å². The third-order valence-electron chi connectivity index (χ3n) is 8.35. The van der Waals surface area contributed by atoms with Gasteiger partial charge in [0, 0.05) is 49.8 Å². The number of nitrogens with zero attached hydrogens (tertiary/aromatic N) is 2. The topological polar surface area (TPSA) is 141 Å². The van der Waals surface area contributed by atoms with Gasteiger partial charge in [-0.15, -0.1) is 0 Å². The van der Waals surface area contributed by atoms with Gasteiger partial charge in [0.05, 0.1) is 45.5 Å². The molecule has 0 aromatic heterocycles. The van der Waals surface area contributed by atoms with E-state index in [0.717, 1.165) is 32.4 Å². The van der Waals surface area contributed by atoms with E-state index in [1.54, 1.807) is 23.1 Å². The molecule has 0 radical (unpaired) electrons. The van der Waals surface area contributed by atoms with Crippen LogP contribution in [0.4, 0.5) is 0 Å². The van der Waals surface area contributed by atoms with Gasteiger partial charge in [0.2, 0.25) is 11.8 Å². The van der Waals surface area contributed by atoms with E-state index < -0.39 is 30.1 Å². The number of hydrogen-bond acceptors (Lipinski definition) is 9. The van der Waals surface area contributed by atoms with Crippen molar-refractivity contribution >= 4 is 11.8 Å². The van der Waals surface area contributed by atoms with Crippen LogP contribution in [-0.4, -0.2) is 115 Å². The van der Waals surface area contributed by atoms with Gasteiger partial charge < -0.3 is 39.7 Å². The molecule has 2 fully saturated rings. The second-order valence-corrected chi connectivity index (χ2v) is 10.6. The lowest BCUT2D eigenvalue weighted by Gasteiger charge is -2.43. The zero-order valence-electron chi connectivity index (χ0n) is 22.4. The number of carbonyl (C=O) groups is 2. The minimum absolute atomic E-state index is 0.0148. The number of fused-ring (bicyclic) bond motifs is 3. The van der Waals surface area contributed by atoms with Crippen LogP contribution in [0.1, 0.15) is 36.3 Å². The number of amides is 2. The molecule has 39 heavy (non-hydrogen) atoms. The first kappa shape index (κ1) is 27.9. The number of aliphatic hydroxyl groups excluding tert-OH is 3. The zero-order chi connectivity index (χ0) is 27.5. The summed E-state index contributed by atoms with van der Waals surface area (Å²) in [5.41, 5.74) is 1.59. The van der Waals surface area contributed by atoms with Crippen molar-refractivity contribution < 1.29 is 39.1 Å². The highest BCUT2D eigenvalue weighted by Crippen LogP contribution is 2.51. The van der Waals surface area contributed by atoms with Gasteiger partial charge in [-0.1, -0.05) is 6.42 Å². The first-order valence-corrected chi connectivity index (χ1v) is 13.8. The number of benzene rings is 1. The molecule has 0 spiro atoms. The molecular weight excluding hydrogens is 506 g/mol. The van der Waals surface area contributed by atoms with Crippen molar-refractivity contribution in [3.8, 4) is 11.5 Å². The molecule has 5 rings (SSSR count). The summed E-state index contributed by atoms with van der Waals surface area (Å²) < 4.78 is 17.3. The number of carbonyl (C=O) groups excluding carboxylic acids is 2. The Morgan fingerprint density at radius 1 is 1.21 bits per heavy atom. The van der Waals surface area contributed by atoms with Gasteiger partial charge in [0.1, 0.15) is 12.2 Å². The Labute approximate surface area is 228 Å². The summed E-state index contributed by atoms with van der Waals surface area (Å²) in [4.78, 5) is 31.1. The fourth-order valence-corrected chi connectivity index (χ4v) is 5.99. The van der Waals surface area contributed by atoms with Gasteiger partial charge >= 0.3 is 0 Å². The van der Waals surface area contributed by atoms with E-state index in [4.69, 9.17) is 14.2 Å². The van der Waals surface area contributed by atoms with E-state index in [2.05, 4.69) is 10.2 Å². The average molecular weight is 546 g/mol. The van der Waals surface area contributed by atoms with Gasteiger partial charge in [-0.2, -0.15) is 0 Å². The van der Waals surface area contributed by atoms with E-state index in [1.807, 2.05) is 0 Å². The average Bonchev–Trinajstić information content (AvgIpc) is 3.32. The van der Waals surface area contributed by atoms with Crippen molar-refractivity contribution in [2.24, 2.45) is 5.92 Å². The lowest BCUT2D eigenvalue weighted by molar-refractivity contribution is -0.144. The Hall–Kier alpha value is -2.70. The van der Waals surface area contributed by atoms with Gasteiger partial charge in [-0.3, -0.25) is 14.5 Å². The van der Waals surface area contributed by atoms with E-state index in [1.165, 1.54) is 7.11 Å². The molecule has 2 aliphatic heterocycles. The largest absolute Gasteiger partial charge is 0.493 e. The molecule has 2 heterocycles. The molecule has 11 heteroatoms. The first-order chi connectivity index (χ1) is 19.0. The summed E-state index contributed by atoms with van der Waals surface area (Å²) in [6, 6.07) is 2.66. The monoisotopic (exact) mass is 545 g/mol. The second kappa shape index (κ2) is 12.2. The fourth-order valence-electron chi connectivity index (χ4n) is 5.99. The van der Waals surface area contributed by atoms with Crippen molar-refractivity contribution in [1.29, 1.82) is 0 Å². The molecule has 4 atom stereocenters. The third-order valence-corrected chi connectivity index (χ3v) is 8.35. The molecule has 2 amide bonds. The molecule has 1 saturated carbocycles. The Bertz CT molecular complexity index is 1080. The quantitative estimate of drug-likeness (QED) is 0.314. The summed E-state index contributed by atoms with van der Waals surface area (Å²) in [6.07, 6.45) is 2.39. The molecular formula is C28H39N3O8. The smallest absolute Gasteiger partial charge is 0.247 e. The molecule has 1 aromatic carbocycles. The van der Waals surface area contributed by atoms with Crippen LogP contribution < -0.4 is 14.8 Å². The van der Waals surface area contributed by atoms with Crippen LogP contribution in [0.5, 0.6) is 11.5 Å². The van der Waals surface area contributed by atoms with Crippen molar-refractivity contribution in [2.45, 2.75) is 50.0 Å². The number of morpholine rings is 1. The van der Waals surface area contributed by atoms with Gasteiger partial charge in [0.15, 0.2) is 11.5 Å². The SMILES string of the molecule is COc1cc(CO)cc2c1OC1C2C(C(=O)NCCO)=CC(N(CCN2CCOCC2)C(=O)C2CCC2)C1O. The number of nitrogens with one attached hydrogen (secondary N) is 1. The number of rotatable bonds is 10. The summed E-state index contributed by atoms with van der Waals surface area (Å²) >= 11 is 0. The molecule has 1 aromatic rings. The van der Waals surface area contributed by atoms with Crippen LogP contribution >= 0.6 is 0 Å². The number of hydrogen-bond donors (Lipinski definition) is 4. The van der Waals surface area contributed by atoms with Gasteiger partial charge in [0.25, 0.3) is 0 Å². The maximum Gasteiger partial charge on any atom is 0.247 e. The van der Waals surface area contributed by atoms with Crippen LogP contribution in [0, 0.1) is 5.92 Å². The van der Waals surface area contributed by atoms with Gasteiger partial charge in [-0.25, -0.2) is 0 Å². The highest BCUT2D eigenvalue weighted by Gasteiger charge is 2.52. The summed E-state index contributed by atoms with van der Waals surface area (Å²) in [5.74, 6) is -0.321. The van der Waals surface area contributed by atoms with Crippen molar-refractivity contribution in [2.75, 3.05) is 59.7 Å². The molecule has 214 valence electrons. The zero-order valence-corrected chi connectivity index (χ0v) is 22.4. The minimum Gasteiger partial charge on any atom is -0.493 e. The predicted octanol–water partition coefficient (Wildman–Crippen LogP) is -0.229. The Balaban J connectivity index is 1.52. The maximum atomic E-state index is 13.7. The number of methoxy groups -OCH3 is 1. The number of ether oxygens (including phenoxy) is 3. The summed E-state index contributed by atoms with van der Waals surface area (Å²) in [5, 5.41) is 33.6. The second-order valence-electron chi connectivity index (χ2n) is 10.6. The van der Waals surface area contributed by atoms with Crippen molar-refractivity contribution in [3.05, 3.63) is 34.9 Å². The molecule has 4 aliphatic rings. The Kier molecular flexibility index (Phi) is 8.73. The summed E-state index contributed by atoms with van der Waals surface area (Å²) in [7, 11) is 1.50. The van der Waals surface area contributed by atoms with Crippen molar-refractivity contribution in [1.82, 2.24) is 15.1 Å². The molecule has 1 saturated heterocycles. The molecule has 2 aliphatic carbocycles. The van der Waals surface area contributed by atoms with Crippen LogP contribution in [0.2, 0.25) is 0 Å². The normalized spacial score (nSPS) is 26.5. The number of aliphatic hydroxyl groups is 3. The van der Waals surface area contributed by atoms with Gasteiger partial charge in [-0.05, 0) is 36.6 Å². The first-order valence-electron chi connectivity index (χ1n) is 13.8. The predicted molar refractivity (Wildman–Crippen MR) is 140 cm³/mol. The molecule has 11 nitrogen and oxygen atoms in total. The lowest BCUT2D eigenvalue weighted by atomic mass is 9.76. The van der Waals surface area contributed by atoms with Crippen LogP contribution in [0.15, 0.2) is 23.8 Å². The van der Waals surface area contributed by atoms with Crippen molar-refractivity contribution in [3.63, 3.8) is 0 Å². The van der Waals surface area contributed by atoms with Crippen LogP contribution in [-0.2, 0) is 20.9 Å². The molecule has 0 bridgehead atoms. The van der Waals surface area contributed by atoms with E-state index in [-0.39, 0.29) is 31.6 Å². The Morgan fingerprint density at radius 2 is 1.97 bits per heavy atom. The maximum absolute atomic E-state index is 13.7. The standard InChI is InChI=1S/C28H39N3O8/c1-37-22-14-17(16-33)13-19-23-20(27(35)29-5-10-32)15-21(24(34)26(23)39-25(19)22)31(28(36)18-3-2-4-18)7-6-30-8-11-38-12-9-30/h13-15,18,21,23-24,26,32-34H,2-12,16H2,1H3,(H,29,35). The Morgan fingerprint density at radius 3 is 2.62 bits per heavy atom. The molecule has 4 unspecified atom stereocenters. The lowest BCUT2D eigenvalue weighted by Crippen LogP contribution is -2.58. The third kappa shape index (κ3) is 5.51. The highest BCUT2D eigenvalue weighted by atomic mass is 16.5. The summed E-state index contributed by atoms with van der Waals surface area (Å²) in [6.45, 7) is 3.49. The fraction of sp³-hybridized carbons (Fsp3) is 0.643. The van der Waals surface area contributed by atoms with E-state index in [0.29, 0.717) is 54.5 Å².